The molecule has 0 N–H and O–H groups in total. The van der Waals surface area contributed by atoms with Crippen LogP contribution in [0.3, 0.4) is 0 Å². The smallest absolute Gasteiger partial charge is 0.234 e. The lowest BCUT2D eigenvalue weighted by atomic mass is 10.0. The minimum atomic E-state index is 1.23. The Labute approximate surface area is 266 Å². The van der Waals surface area contributed by atoms with E-state index >= 15 is 0 Å². The minimum absolute atomic E-state index is 1.23. The highest BCUT2D eigenvalue weighted by Gasteiger charge is 2.16. The van der Waals surface area contributed by atoms with Crippen LogP contribution >= 0.6 is 0 Å². The molecule has 1 aromatic heterocycles. The fraction of sp³-hybridized carbons (Fsp3) is 0.925. The van der Waals surface area contributed by atoms with Crippen LogP contribution in [0.25, 0.3) is 0 Å². The molecule has 0 bridgehead atoms. The fourth-order valence-electron chi connectivity index (χ4n) is 6.68. The van der Waals surface area contributed by atoms with Gasteiger partial charge in [0, 0.05) is 6.42 Å². The van der Waals surface area contributed by atoms with Crippen molar-refractivity contribution in [2.45, 2.75) is 239 Å². The van der Waals surface area contributed by atoms with Gasteiger partial charge in [-0.15, -0.1) is 0 Å². The molecule has 0 unspecified atom stereocenters. The average molecular weight is 588 g/mol. The number of nitrogens with zero attached hydrogens (tertiary/aromatic N) is 2. The first kappa shape index (κ1) is 39.2. The van der Waals surface area contributed by atoms with Crippen molar-refractivity contribution in [1.82, 2.24) is 4.57 Å². The summed E-state index contributed by atoms with van der Waals surface area (Å²) in [5, 5.41) is 0. The van der Waals surface area contributed by atoms with E-state index in [1.807, 2.05) is 0 Å². The summed E-state index contributed by atoms with van der Waals surface area (Å²) in [5.74, 6) is 1.61. The monoisotopic (exact) mass is 588 g/mol. The van der Waals surface area contributed by atoms with Gasteiger partial charge in [0.2, 0.25) is 0 Å². The van der Waals surface area contributed by atoms with E-state index in [2.05, 4.69) is 42.3 Å². The van der Waals surface area contributed by atoms with Crippen LogP contribution in [0.4, 0.5) is 0 Å². The molecule has 0 aliphatic heterocycles. The van der Waals surface area contributed by atoms with Crippen LogP contribution < -0.4 is 4.57 Å². The van der Waals surface area contributed by atoms with Crippen LogP contribution in [0.5, 0.6) is 0 Å². The van der Waals surface area contributed by atoms with Crippen molar-refractivity contribution in [2.24, 2.45) is 0 Å². The zero-order chi connectivity index (χ0) is 30.2. The van der Waals surface area contributed by atoms with Crippen LogP contribution in [0.2, 0.25) is 0 Å². The highest BCUT2D eigenvalue weighted by atomic mass is 15.1. The van der Waals surface area contributed by atoms with Gasteiger partial charge in [0.1, 0.15) is 12.4 Å². The summed E-state index contributed by atoms with van der Waals surface area (Å²) < 4.78 is 5.24. The lowest BCUT2D eigenvalue weighted by Gasteiger charge is -2.07. The summed E-state index contributed by atoms with van der Waals surface area (Å²) in [7, 11) is 0. The molecule has 42 heavy (non-hydrogen) atoms. The highest BCUT2D eigenvalue weighted by molar-refractivity contribution is 4.84. The van der Waals surface area contributed by atoms with Gasteiger partial charge in [-0.1, -0.05) is 188 Å². The summed E-state index contributed by atoms with van der Waals surface area (Å²) in [6.07, 6.45) is 50.4. The van der Waals surface area contributed by atoms with Gasteiger partial charge in [-0.05, 0) is 32.1 Å². The number of rotatable bonds is 34. The first-order valence-corrected chi connectivity index (χ1v) is 19.9. The van der Waals surface area contributed by atoms with E-state index in [9.17, 15) is 0 Å². The second kappa shape index (κ2) is 31.6. The van der Waals surface area contributed by atoms with E-state index in [0.29, 0.717) is 0 Å². The van der Waals surface area contributed by atoms with Crippen LogP contribution in [-0.4, -0.2) is 4.57 Å². The molecule has 1 rings (SSSR count). The molecule has 0 aromatic carbocycles. The van der Waals surface area contributed by atoms with E-state index in [-0.39, 0.29) is 0 Å². The Bertz CT molecular complexity index is 648. The van der Waals surface area contributed by atoms with E-state index in [1.54, 1.807) is 5.82 Å². The highest BCUT2D eigenvalue weighted by Crippen LogP contribution is 2.15. The van der Waals surface area contributed by atoms with Gasteiger partial charge in [-0.2, -0.15) is 0 Å². The molecule has 0 fully saturated rings. The molecule has 1 aromatic rings. The Morgan fingerprint density at radius 1 is 0.405 bits per heavy atom. The molecule has 0 aliphatic carbocycles. The zero-order valence-electron chi connectivity index (χ0n) is 29.6. The molecule has 0 atom stereocenters. The normalized spacial score (nSPS) is 11.6. The molecule has 248 valence electrons. The molecule has 2 heteroatoms. The number of imidazole rings is 1. The van der Waals surface area contributed by atoms with Crippen LogP contribution in [0, 0.1) is 0 Å². The number of aromatic nitrogens is 2. The first-order chi connectivity index (χ1) is 20.8. The Balaban J connectivity index is 2.15. The van der Waals surface area contributed by atoms with Gasteiger partial charge in [0.15, 0.2) is 0 Å². The molecule has 0 saturated carbocycles. The molecule has 0 aliphatic rings. The lowest BCUT2D eigenvalue weighted by molar-refractivity contribution is -0.704. The first-order valence-electron chi connectivity index (χ1n) is 19.9. The molecule has 2 nitrogen and oxygen atoms in total. The van der Waals surface area contributed by atoms with Crippen molar-refractivity contribution in [3.05, 3.63) is 18.2 Å². The van der Waals surface area contributed by atoms with Crippen LogP contribution in [0.1, 0.15) is 226 Å². The molecular formula is C40H79N2+. The Hall–Kier alpha value is -0.790. The quantitative estimate of drug-likeness (QED) is 0.0560. The van der Waals surface area contributed by atoms with Gasteiger partial charge in [-0.25, -0.2) is 9.13 Å². The topological polar surface area (TPSA) is 8.81 Å². The van der Waals surface area contributed by atoms with Gasteiger partial charge >= 0.3 is 0 Å². The maximum atomic E-state index is 2.62. The van der Waals surface area contributed by atoms with Gasteiger partial charge in [0.25, 0.3) is 5.82 Å². The van der Waals surface area contributed by atoms with Crippen molar-refractivity contribution in [3.63, 3.8) is 0 Å². The van der Waals surface area contributed by atoms with Crippen LogP contribution in [0.15, 0.2) is 12.4 Å². The summed E-state index contributed by atoms with van der Waals surface area (Å²) >= 11 is 0. The minimum Gasteiger partial charge on any atom is -0.234 e. The predicted octanol–water partition coefficient (Wildman–Crippen LogP) is 13.5. The Kier molecular flexibility index (Phi) is 29.5. The van der Waals surface area contributed by atoms with E-state index in [0.717, 1.165) is 0 Å². The molecule has 0 radical (unpaired) electrons. The maximum Gasteiger partial charge on any atom is 0.256 e. The molecular weight excluding hydrogens is 508 g/mol. The number of hydrogen-bond acceptors (Lipinski definition) is 0. The molecule has 0 saturated heterocycles. The number of aryl methyl sites for hydroxylation is 2. The van der Waals surface area contributed by atoms with Gasteiger partial charge < -0.3 is 0 Å². The third kappa shape index (κ3) is 23.6. The van der Waals surface area contributed by atoms with Crippen molar-refractivity contribution >= 4 is 0 Å². The summed E-state index contributed by atoms with van der Waals surface area (Å²) in [5.41, 5.74) is 0. The van der Waals surface area contributed by atoms with Gasteiger partial charge in [-0.3, -0.25) is 0 Å². The summed E-state index contributed by atoms with van der Waals surface area (Å²) in [6.45, 7) is 9.40. The maximum absolute atomic E-state index is 2.62. The lowest BCUT2D eigenvalue weighted by Crippen LogP contribution is -2.37. The Morgan fingerprint density at radius 3 is 1.14 bits per heavy atom. The molecule has 0 spiro atoms. The summed E-state index contributed by atoms with van der Waals surface area (Å²) in [6, 6.07) is 0. The molecule has 0 amide bonds. The molecule has 1 heterocycles. The third-order valence-electron chi connectivity index (χ3n) is 9.60. The second-order valence-electron chi connectivity index (χ2n) is 13.8. The average Bonchev–Trinajstić information content (AvgIpc) is 3.38. The summed E-state index contributed by atoms with van der Waals surface area (Å²) in [4.78, 5) is 0. The van der Waals surface area contributed by atoms with Crippen molar-refractivity contribution in [3.8, 4) is 0 Å². The van der Waals surface area contributed by atoms with Crippen molar-refractivity contribution in [1.29, 1.82) is 0 Å². The number of hydrogen-bond donors (Lipinski definition) is 0. The van der Waals surface area contributed by atoms with E-state index in [4.69, 9.17) is 0 Å². The fourth-order valence-corrected chi connectivity index (χ4v) is 6.68. The van der Waals surface area contributed by atoms with Crippen LogP contribution in [-0.2, 0) is 19.5 Å². The standard InChI is InChI=1S/C40H79N2/c1-4-7-10-13-15-17-18-19-20-21-22-23-24-26-28-31-34-37-42-39-38-41(40(42)35-32-29-12-9-6-3)36-33-30-27-25-16-14-11-8-5-2/h38-39H,4-37H2,1-3H3/q+1. The third-order valence-corrected chi connectivity index (χ3v) is 9.60. The predicted molar refractivity (Wildman–Crippen MR) is 188 cm³/mol. The van der Waals surface area contributed by atoms with Crippen molar-refractivity contribution < 1.29 is 4.57 Å². The van der Waals surface area contributed by atoms with E-state index < -0.39 is 0 Å². The Morgan fingerprint density at radius 2 is 0.738 bits per heavy atom. The second-order valence-corrected chi connectivity index (χ2v) is 13.8. The zero-order valence-corrected chi connectivity index (χ0v) is 29.6. The SMILES string of the molecule is CCCCCCCCCCCCCCCCCCC[n+]1ccn(CCCCCCCCCCC)c1CCCCCCC. The van der Waals surface area contributed by atoms with E-state index in [1.165, 1.54) is 219 Å². The largest absolute Gasteiger partial charge is 0.256 e. The van der Waals surface area contributed by atoms with Gasteiger partial charge in [0.05, 0.1) is 13.1 Å². The number of unbranched alkanes of at least 4 members (excludes halogenated alkanes) is 28. The van der Waals surface area contributed by atoms with Crippen molar-refractivity contribution in [2.75, 3.05) is 0 Å².